The molecule has 3 rings (SSSR count). The number of hydrogen-bond acceptors (Lipinski definition) is 5. The largest absolute Gasteiger partial charge is 0.508 e. The highest BCUT2D eigenvalue weighted by atomic mass is 28.4. The second-order valence-electron chi connectivity index (χ2n) is 13.0. The Hall–Kier alpha value is -3.04. The highest BCUT2D eigenvalue weighted by molar-refractivity contribution is 6.72. The molecule has 234 valence electrons. The molecule has 3 aromatic carbocycles. The van der Waals surface area contributed by atoms with Gasteiger partial charge in [-0.2, -0.15) is 0 Å². The number of halogens is 1. The molecule has 0 unspecified atom stereocenters. The highest BCUT2D eigenvalue weighted by Gasteiger charge is 2.40. The maximum atomic E-state index is 13.1. The Morgan fingerprint density at radius 3 is 2.37 bits per heavy atom. The van der Waals surface area contributed by atoms with Crippen molar-refractivity contribution in [1.29, 1.82) is 0 Å². The molecule has 3 aromatic rings. The van der Waals surface area contributed by atoms with E-state index in [0.29, 0.717) is 25.1 Å². The summed E-state index contributed by atoms with van der Waals surface area (Å²) in [7, 11) is -2.45. The zero-order valence-corrected chi connectivity index (χ0v) is 27.3. The molecular formula is C35H49FN2O4Si. The van der Waals surface area contributed by atoms with Gasteiger partial charge in [-0.15, -0.1) is 0 Å². The van der Waals surface area contributed by atoms with Crippen LogP contribution in [0.4, 0.5) is 4.39 Å². The summed E-state index contributed by atoms with van der Waals surface area (Å²) in [6.45, 7) is 11.4. The van der Waals surface area contributed by atoms with Crippen LogP contribution in [0.3, 0.4) is 0 Å². The predicted molar refractivity (Wildman–Crippen MR) is 174 cm³/mol. The topological polar surface area (TPSA) is 102 Å². The summed E-state index contributed by atoms with van der Waals surface area (Å²) in [5, 5.41) is 26.2. The van der Waals surface area contributed by atoms with Gasteiger partial charge < -0.3 is 25.6 Å². The molecule has 0 aliphatic heterocycles. The lowest BCUT2D eigenvalue weighted by atomic mass is 9.88. The number of aromatic hydroxyl groups is 1. The van der Waals surface area contributed by atoms with Gasteiger partial charge in [0.25, 0.3) is 0 Å². The molecule has 0 spiro atoms. The molecule has 0 saturated carbocycles. The number of aliphatic hydroxyl groups is 1. The molecule has 0 aliphatic rings. The van der Waals surface area contributed by atoms with E-state index >= 15 is 0 Å². The van der Waals surface area contributed by atoms with Crippen LogP contribution in [0.1, 0.15) is 67.3 Å². The van der Waals surface area contributed by atoms with Gasteiger partial charge in [0, 0.05) is 24.7 Å². The van der Waals surface area contributed by atoms with Crippen LogP contribution >= 0.6 is 0 Å². The average Bonchev–Trinajstić information content (AvgIpc) is 2.94. The molecule has 0 fully saturated rings. The maximum Gasteiger partial charge on any atom is 0.224 e. The molecule has 0 heterocycles. The van der Waals surface area contributed by atoms with Crippen LogP contribution in [-0.4, -0.2) is 48.4 Å². The van der Waals surface area contributed by atoms with Crippen molar-refractivity contribution in [2.24, 2.45) is 0 Å². The number of aliphatic hydroxyl groups excluding tert-OH is 1. The van der Waals surface area contributed by atoms with Crippen LogP contribution in [0.5, 0.6) is 5.75 Å². The van der Waals surface area contributed by atoms with E-state index in [4.69, 9.17) is 0 Å². The van der Waals surface area contributed by atoms with E-state index < -0.39 is 8.32 Å². The first-order chi connectivity index (χ1) is 20.3. The SMILES string of the molecule is C[C@H](Cc1cccc(CC(=O)NCCCc2ccc(F)cc2)c1)NC[C@H](CC(C)(C)[Si](C)(C)O)c1ccc(O)c(CO)c1. The summed E-state index contributed by atoms with van der Waals surface area (Å²) >= 11 is 0. The third-order valence-electron chi connectivity index (χ3n) is 8.65. The Kier molecular flexibility index (Phi) is 12.5. The lowest BCUT2D eigenvalue weighted by Gasteiger charge is -2.38. The third kappa shape index (κ3) is 10.9. The molecule has 0 bridgehead atoms. The van der Waals surface area contributed by atoms with Gasteiger partial charge in [0.1, 0.15) is 11.6 Å². The Balaban J connectivity index is 1.55. The lowest BCUT2D eigenvalue weighted by Crippen LogP contribution is -2.41. The first kappa shape index (κ1) is 34.4. The van der Waals surface area contributed by atoms with Gasteiger partial charge >= 0.3 is 0 Å². The minimum absolute atomic E-state index is 0.0145. The zero-order valence-electron chi connectivity index (χ0n) is 26.3. The number of benzene rings is 3. The Morgan fingerprint density at radius 1 is 1.00 bits per heavy atom. The standard InChI is InChI=1S/C35H49FN2O4Si/c1-25(38-23-31(22-35(2,3)43(4,5)42)29-13-16-33(40)30(21-29)24-39)18-27-8-6-9-28(19-27)20-34(41)37-17-7-10-26-11-14-32(36)15-12-26/h6,8-9,11-16,19,21,25,31,38-40,42H,7,10,17-18,20,22-24H2,1-5H3,(H,37,41)/t25-,31+/m1/s1. The molecule has 1 amide bonds. The van der Waals surface area contributed by atoms with Crippen molar-refractivity contribution in [2.75, 3.05) is 13.1 Å². The van der Waals surface area contributed by atoms with Gasteiger partial charge in [0.15, 0.2) is 8.32 Å². The van der Waals surface area contributed by atoms with Crippen molar-refractivity contribution in [2.45, 2.75) is 89.6 Å². The highest BCUT2D eigenvalue weighted by Crippen LogP contribution is 2.44. The van der Waals surface area contributed by atoms with Gasteiger partial charge in [-0.3, -0.25) is 4.79 Å². The van der Waals surface area contributed by atoms with E-state index in [1.54, 1.807) is 18.2 Å². The third-order valence-corrected chi connectivity index (χ3v) is 12.2. The fraction of sp³-hybridized carbons (Fsp3) is 0.457. The summed E-state index contributed by atoms with van der Waals surface area (Å²) in [6, 6.07) is 20.2. The number of rotatable bonds is 16. The first-order valence-electron chi connectivity index (χ1n) is 15.2. The molecule has 2 atom stereocenters. The molecule has 5 N–H and O–H groups in total. The number of amides is 1. The van der Waals surface area contributed by atoms with Crippen LogP contribution in [0.2, 0.25) is 18.1 Å². The number of hydrogen-bond donors (Lipinski definition) is 5. The summed E-state index contributed by atoms with van der Waals surface area (Å²) in [6.07, 6.45) is 3.46. The second kappa shape index (κ2) is 15.6. The average molecular weight is 609 g/mol. The quantitative estimate of drug-likeness (QED) is 0.102. The van der Waals surface area contributed by atoms with Gasteiger partial charge in [0.2, 0.25) is 5.91 Å². The monoisotopic (exact) mass is 608 g/mol. The molecule has 0 aromatic heterocycles. The van der Waals surface area contributed by atoms with E-state index in [2.05, 4.69) is 43.5 Å². The van der Waals surface area contributed by atoms with Crippen LogP contribution in [0.15, 0.2) is 66.7 Å². The Morgan fingerprint density at radius 2 is 1.70 bits per heavy atom. The fourth-order valence-corrected chi connectivity index (χ4v) is 5.96. The summed E-state index contributed by atoms with van der Waals surface area (Å²) in [4.78, 5) is 23.5. The van der Waals surface area contributed by atoms with Gasteiger partial charge in [-0.05, 0) is 103 Å². The second-order valence-corrected chi connectivity index (χ2v) is 17.5. The Bertz CT molecular complexity index is 1320. The van der Waals surface area contributed by atoms with Gasteiger partial charge in [0.05, 0.1) is 13.0 Å². The minimum Gasteiger partial charge on any atom is -0.508 e. The smallest absolute Gasteiger partial charge is 0.224 e. The van der Waals surface area contributed by atoms with E-state index in [1.165, 1.54) is 12.1 Å². The first-order valence-corrected chi connectivity index (χ1v) is 18.2. The van der Waals surface area contributed by atoms with E-state index in [0.717, 1.165) is 47.9 Å². The molecule has 0 radical (unpaired) electrons. The molecule has 6 nitrogen and oxygen atoms in total. The number of carbonyl (C=O) groups excluding carboxylic acids is 1. The van der Waals surface area contributed by atoms with Crippen molar-refractivity contribution in [1.82, 2.24) is 10.6 Å². The molecule has 0 saturated heterocycles. The number of phenols is 1. The molecule has 8 heteroatoms. The van der Waals surface area contributed by atoms with Gasteiger partial charge in [-0.25, -0.2) is 4.39 Å². The van der Waals surface area contributed by atoms with Crippen molar-refractivity contribution in [3.63, 3.8) is 0 Å². The molecule has 43 heavy (non-hydrogen) atoms. The number of carbonyl (C=O) groups is 1. The summed E-state index contributed by atoms with van der Waals surface area (Å²) in [5.41, 5.74) is 4.70. The van der Waals surface area contributed by atoms with Crippen molar-refractivity contribution < 1.29 is 24.2 Å². The van der Waals surface area contributed by atoms with Crippen molar-refractivity contribution in [3.8, 4) is 5.75 Å². The predicted octanol–water partition coefficient (Wildman–Crippen LogP) is 5.99. The van der Waals surface area contributed by atoms with Crippen LogP contribution in [0.25, 0.3) is 0 Å². The maximum absolute atomic E-state index is 13.1. The molecule has 0 aliphatic carbocycles. The summed E-state index contributed by atoms with van der Waals surface area (Å²) < 4.78 is 13.1. The van der Waals surface area contributed by atoms with Crippen LogP contribution in [0, 0.1) is 5.82 Å². The van der Waals surface area contributed by atoms with Crippen molar-refractivity contribution in [3.05, 3.63) is 100 Å². The zero-order chi connectivity index (χ0) is 31.6. The lowest BCUT2D eigenvalue weighted by molar-refractivity contribution is -0.120. The van der Waals surface area contributed by atoms with E-state index in [-0.39, 0.29) is 41.1 Å². The number of nitrogens with one attached hydrogen (secondary N) is 2. The van der Waals surface area contributed by atoms with Crippen LogP contribution < -0.4 is 10.6 Å². The Labute approximate surface area is 257 Å². The fourth-order valence-electron chi connectivity index (χ4n) is 5.21. The number of aryl methyl sites for hydroxylation is 1. The van der Waals surface area contributed by atoms with Crippen molar-refractivity contribution >= 4 is 14.2 Å². The van der Waals surface area contributed by atoms with Gasteiger partial charge in [-0.1, -0.05) is 56.3 Å². The molecular weight excluding hydrogens is 559 g/mol. The van der Waals surface area contributed by atoms with E-state index in [1.807, 2.05) is 37.4 Å². The summed E-state index contributed by atoms with van der Waals surface area (Å²) in [5.74, 6) is -0.0894. The normalized spacial score (nSPS) is 13.5. The minimum atomic E-state index is -2.45. The van der Waals surface area contributed by atoms with Crippen LogP contribution in [-0.2, 0) is 30.7 Å². The van der Waals surface area contributed by atoms with E-state index in [9.17, 15) is 24.2 Å².